The van der Waals surface area contributed by atoms with Crippen LogP contribution in [0.25, 0.3) is 0 Å². The van der Waals surface area contributed by atoms with Crippen LogP contribution < -0.4 is 5.32 Å². The maximum absolute atomic E-state index is 5.32. The lowest BCUT2D eigenvalue weighted by Crippen LogP contribution is -2.48. The summed E-state index contributed by atoms with van der Waals surface area (Å²) in [7, 11) is 1.98. The third-order valence-corrected chi connectivity index (χ3v) is 2.82. The molecule has 2 heterocycles. The smallest absolute Gasteiger partial charge is 0.0605 e. The quantitative estimate of drug-likeness (QED) is 0.771. The van der Waals surface area contributed by atoms with E-state index < -0.39 is 0 Å². The molecule has 0 atom stereocenters. The topological polar surface area (TPSA) is 34.2 Å². The van der Waals surface area contributed by atoms with Crippen LogP contribution >= 0.6 is 0 Å². The Kier molecular flexibility index (Phi) is 2.79. The molecule has 1 aliphatic rings. The van der Waals surface area contributed by atoms with Crippen molar-refractivity contribution in [2.75, 3.05) is 26.8 Å². The second kappa shape index (κ2) is 4.07. The molecule has 0 aromatic carbocycles. The molecule has 0 bridgehead atoms. The number of hydrogen-bond donors (Lipinski definition) is 1. The molecule has 1 saturated heterocycles. The van der Waals surface area contributed by atoms with Crippen LogP contribution in [0.3, 0.4) is 0 Å². The van der Waals surface area contributed by atoms with Gasteiger partial charge in [-0.25, -0.2) is 0 Å². The van der Waals surface area contributed by atoms with Crippen molar-refractivity contribution in [3.8, 4) is 0 Å². The standard InChI is InChI=1S/C11H16N2O/c1-12-7-5-11(8-14-9-11)10-4-2-3-6-13-10/h2-4,6,12H,5,7-9H2,1H3. The van der Waals surface area contributed by atoms with Crippen LogP contribution in [0.2, 0.25) is 0 Å². The van der Waals surface area contributed by atoms with Crippen LogP contribution in [0.1, 0.15) is 12.1 Å². The highest BCUT2D eigenvalue weighted by Crippen LogP contribution is 2.33. The molecule has 0 spiro atoms. The minimum Gasteiger partial charge on any atom is -0.379 e. The molecule has 3 heteroatoms. The molecule has 1 aromatic rings. The Hall–Kier alpha value is -0.930. The van der Waals surface area contributed by atoms with Gasteiger partial charge in [0.25, 0.3) is 0 Å². The molecule has 3 nitrogen and oxygen atoms in total. The number of hydrogen-bond acceptors (Lipinski definition) is 3. The zero-order valence-corrected chi connectivity index (χ0v) is 8.49. The van der Waals surface area contributed by atoms with E-state index in [-0.39, 0.29) is 5.41 Å². The van der Waals surface area contributed by atoms with Gasteiger partial charge >= 0.3 is 0 Å². The van der Waals surface area contributed by atoms with E-state index in [1.807, 2.05) is 25.4 Å². The molecule has 76 valence electrons. The van der Waals surface area contributed by atoms with E-state index in [9.17, 15) is 0 Å². The van der Waals surface area contributed by atoms with Crippen molar-refractivity contribution < 1.29 is 4.74 Å². The molecular formula is C11H16N2O. The SMILES string of the molecule is CNCCC1(c2ccccn2)COC1. The fourth-order valence-electron chi connectivity index (χ4n) is 1.81. The second-order valence-corrected chi connectivity index (χ2v) is 3.84. The zero-order chi connectivity index (χ0) is 9.86. The van der Waals surface area contributed by atoms with Gasteiger partial charge in [-0.1, -0.05) is 6.07 Å². The van der Waals surface area contributed by atoms with Crippen molar-refractivity contribution in [2.24, 2.45) is 0 Å². The third kappa shape index (κ3) is 1.65. The molecule has 0 saturated carbocycles. The third-order valence-electron chi connectivity index (χ3n) is 2.82. The van der Waals surface area contributed by atoms with Crippen molar-refractivity contribution in [3.05, 3.63) is 30.1 Å². The number of aromatic nitrogens is 1. The van der Waals surface area contributed by atoms with E-state index >= 15 is 0 Å². The summed E-state index contributed by atoms with van der Waals surface area (Å²) in [6.07, 6.45) is 2.95. The predicted octanol–water partition coefficient (Wildman–Crippen LogP) is 0.959. The number of nitrogens with zero attached hydrogens (tertiary/aromatic N) is 1. The van der Waals surface area contributed by atoms with Gasteiger partial charge in [-0.3, -0.25) is 4.98 Å². The summed E-state index contributed by atoms with van der Waals surface area (Å²) in [5.74, 6) is 0. The molecule has 0 radical (unpaired) electrons. The minimum absolute atomic E-state index is 0.171. The molecule has 14 heavy (non-hydrogen) atoms. The fraction of sp³-hybridized carbons (Fsp3) is 0.545. The van der Waals surface area contributed by atoms with Gasteiger partial charge in [0.2, 0.25) is 0 Å². The van der Waals surface area contributed by atoms with E-state index in [0.717, 1.165) is 26.2 Å². The summed E-state index contributed by atoms with van der Waals surface area (Å²) in [5, 5.41) is 3.18. The normalized spacial score (nSPS) is 18.9. The van der Waals surface area contributed by atoms with Crippen LogP contribution in [0.15, 0.2) is 24.4 Å². The van der Waals surface area contributed by atoms with E-state index in [4.69, 9.17) is 4.74 Å². The monoisotopic (exact) mass is 192 g/mol. The molecule has 0 amide bonds. The molecular weight excluding hydrogens is 176 g/mol. The lowest BCUT2D eigenvalue weighted by molar-refractivity contribution is -0.0659. The highest BCUT2D eigenvalue weighted by atomic mass is 16.5. The zero-order valence-electron chi connectivity index (χ0n) is 8.49. The Labute approximate surface area is 84.5 Å². The van der Waals surface area contributed by atoms with E-state index in [1.165, 1.54) is 5.69 Å². The van der Waals surface area contributed by atoms with Crippen LogP contribution in [0.4, 0.5) is 0 Å². The number of pyridine rings is 1. The Bertz CT molecular complexity index is 283. The van der Waals surface area contributed by atoms with Crippen molar-refractivity contribution in [1.29, 1.82) is 0 Å². The van der Waals surface area contributed by atoms with Crippen molar-refractivity contribution in [1.82, 2.24) is 10.3 Å². The van der Waals surface area contributed by atoms with Crippen molar-refractivity contribution >= 4 is 0 Å². The van der Waals surface area contributed by atoms with Crippen molar-refractivity contribution in [3.63, 3.8) is 0 Å². The number of nitrogens with one attached hydrogen (secondary N) is 1. The largest absolute Gasteiger partial charge is 0.379 e. The lowest BCUT2D eigenvalue weighted by atomic mass is 9.79. The Morgan fingerprint density at radius 2 is 2.36 bits per heavy atom. The number of rotatable bonds is 4. The molecule has 0 aliphatic carbocycles. The summed E-state index contributed by atoms with van der Waals surface area (Å²) in [5.41, 5.74) is 1.34. The van der Waals surface area contributed by atoms with Crippen LogP contribution in [0, 0.1) is 0 Å². The highest BCUT2D eigenvalue weighted by Gasteiger charge is 2.40. The van der Waals surface area contributed by atoms with E-state index in [0.29, 0.717) is 0 Å². The molecule has 1 aromatic heterocycles. The first-order chi connectivity index (χ1) is 6.87. The summed E-state index contributed by atoms with van der Waals surface area (Å²) >= 11 is 0. The van der Waals surface area contributed by atoms with Crippen molar-refractivity contribution in [2.45, 2.75) is 11.8 Å². The molecule has 1 N–H and O–H groups in total. The van der Waals surface area contributed by atoms with E-state index in [1.54, 1.807) is 0 Å². The van der Waals surface area contributed by atoms with Crippen LogP contribution in [0.5, 0.6) is 0 Å². The summed E-state index contributed by atoms with van der Waals surface area (Å²) < 4.78 is 5.32. The summed E-state index contributed by atoms with van der Waals surface area (Å²) in [6.45, 7) is 2.64. The second-order valence-electron chi connectivity index (χ2n) is 3.84. The average Bonchev–Trinajstić information content (AvgIpc) is 2.18. The van der Waals surface area contributed by atoms with Gasteiger partial charge in [0.05, 0.1) is 24.3 Å². The first-order valence-corrected chi connectivity index (χ1v) is 5.01. The first kappa shape index (κ1) is 9.62. The molecule has 1 fully saturated rings. The molecule has 1 aliphatic heterocycles. The molecule has 0 unspecified atom stereocenters. The predicted molar refractivity (Wildman–Crippen MR) is 55.3 cm³/mol. The Balaban J connectivity index is 2.12. The van der Waals surface area contributed by atoms with Crippen LogP contribution in [-0.2, 0) is 10.2 Å². The summed E-state index contributed by atoms with van der Waals surface area (Å²) in [4.78, 5) is 4.42. The first-order valence-electron chi connectivity index (χ1n) is 5.01. The van der Waals surface area contributed by atoms with Gasteiger partial charge < -0.3 is 10.1 Å². The van der Waals surface area contributed by atoms with Crippen LogP contribution in [-0.4, -0.2) is 31.8 Å². The lowest BCUT2D eigenvalue weighted by Gasteiger charge is -2.41. The maximum Gasteiger partial charge on any atom is 0.0605 e. The van der Waals surface area contributed by atoms with Gasteiger partial charge in [-0.05, 0) is 32.1 Å². The van der Waals surface area contributed by atoms with Gasteiger partial charge in [-0.2, -0.15) is 0 Å². The van der Waals surface area contributed by atoms with Gasteiger partial charge in [0, 0.05) is 6.20 Å². The fourth-order valence-corrected chi connectivity index (χ4v) is 1.81. The van der Waals surface area contributed by atoms with Gasteiger partial charge in [0.1, 0.15) is 0 Å². The Morgan fingerprint density at radius 1 is 1.50 bits per heavy atom. The van der Waals surface area contributed by atoms with E-state index in [2.05, 4.69) is 16.4 Å². The average molecular weight is 192 g/mol. The highest BCUT2D eigenvalue weighted by molar-refractivity contribution is 5.20. The Morgan fingerprint density at radius 3 is 2.86 bits per heavy atom. The van der Waals surface area contributed by atoms with Gasteiger partial charge in [0.15, 0.2) is 0 Å². The number of ether oxygens (including phenoxy) is 1. The maximum atomic E-state index is 5.32. The minimum atomic E-state index is 0.171. The summed E-state index contributed by atoms with van der Waals surface area (Å²) in [6, 6.07) is 6.09. The molecule has 2 rings (SSSR count). The van der Waals surface area contributed by atoms with Gasteiger partial charge in [-0.15, -0.1) is 0 Å².